The molecule has 0 aromatic heterocycles. The van der Waals surface area contributed by atoms with Gasteiger partial charge in [0.25, 0.3) is 0 Å². The maximum atomic E-state index is 12.0. The predicted octanol–water partition coefficient (Wildman–Crippen LogP) is 2.79. The van der Waals surface area contributed by atoms with Gasteiger partial charge >= 0.3 is 5.97 Å². The van der Waals surface area contributed by atoms with Crippen LogP contribution < -0.4 is 9.47 Å². The lowest BCUT2D eigenvalue weighted by molar-refractivity contribution is -0.141. The van der Waals surface area contributed by atoms with Gasteiger partial charge in [-0.05, 0) is 23.6 Å². The van der Waals surface area contributed by atoms with Crippen molar-refractivity contribution in [3.05, 3.63) is 59.7 Å². The Morgan fingerprint density at radius 2 is 1.96 bits per heavy atom. The summed E-state index contributed by atoms with van der Waals surface area (Å²) >= 11 is 0. The van der Waals surface area contributed by atoms with Crippen LogP contribution in [0, 0.1) is 5.92 Å². The van der Waals surface area contributed by atoms with Gasteiger partial charge in [-0.2, -0.15) is 0 Å². The van der Waals surface area contributed by atoms with E-state index < -0.39 is 11.9 Å². The molecule has 28 heavy (non-hydrogen) atoms. The second-order valence-electron chi connectivity index (χ2n) is 6.89. The maximum absolute atomic E-state index is 12.0. The molecule has 148 valence electrons. The molecule has 3 rings (SSSR count). The second kappa shape index (κ2) is 9.26. The lowest BCUT2D eigenvalue weighted by atomic mass is 10.1. The van der Waals surface area contributed by atoms with Crippen LogP contribution in [0.15, 0.2) is 48.5 Å². The minimum atomic E-state index is -0.912. The Bertz CT molecular complexity index is 821. The van der Waals surface area contributed by atoms with Crippen LogP contribution in [0.1, 0.15) is 17.5 Å². The highest BCUT2D eigenvalue weighted by atomic mass is 16.5. The molecule has 1 atom stereocenters. The number of carboxylic acids is 1. The summed E-state index contributed by atoms with van der Waals surface area (Å²) in [7, 11) is 1.61. The SMILES string of the molecule is COc1ccc(CCN2CC(C(=O)O)CC2=O)c(OCCc2ccccc2)c1. The van der Waals surface area contributed by atoms with Crippen molar-refractivity contribution in [3.8, 4) is 11.5 Å². The number of nitrogens with zero attached hydrogens (tertiary/aromatic N) is 1. The van der Waals surface area contributed by atoms with Crippen LogP contribution in [0.4, 0.5) is 0 Å². The van der Waals surface area contributed by atoms with Gasteiger partial charge in [0.2, 0.25) is 5.91 Å². The molecule has 1 aliphatic heterocycles. The molecule has 0 aliphatic carbocycles. The number of hydrogen-bond donors (Lipinski definition) is 1. The number of amides is 1. The van der Waals surface area contributed by atoms with Crippen molar-refractivity contribution in [1.29, 1.82) is 0 Å². The summed E-state index contributed by atoms with van der Waals surface area (Å²) in [5, 5.41) is 9.11. The number of benzene rings is 2. The molecule has 1 saturated heterocycles. The van der Waals surface area contributed by atoms with Crippen LogP contribution in [0.2, 0.25) is 0 Å². The van der Waals surface area contributed by atoms with E-state index in [1.807, 2.05) is 36.4 Å². The Labute approximate surface area is 164 Å². The number of hydrogen-bond acceptors (Lipinski definition) is 4. The Kier molecular flexibility index (Phi) is 6.53. The average Bonchev–Trinajstić information content (AvgIpc) is 3.08. The van der Waals surface area contributed by atoms with Gasteiger partial charge in [-0.3, -0.25) is 9.59 Å². The molecule has 1 aliphatic rings. The summed E-state index contributed by atoms with van der Waals surface area (Å²) in [6.07, 6.45) is 1.48. The molecule has 1 amide bonds. The summed E-state index contributed by atoms with van der Waals surface area (Å²) in [6.45, 7) is 1.28. The van der Waals surface area contributed by atoms with E-state index in [1.54, 1.807) is 12.0 Å². The van der Waals surface area contributed by atoms with E-state index in [9.17, 15) is 9.59 Å². The zero-order chi connectivity index (χ0) is 19.9. The van der Waals surface area contributed by atoms with Crippen LogP contribution >= 0.6 is 0 Å². The Morgan fingerprint density at radius 3 is 2.64 bits per heavy atom. The number of likely N-dealkylation sites (tertiary alicyclic amines) is 1. The highest BCUT2D eigenvalue weighted by Crippen LogP contribution is 2.27. The van der Waals surface area contributed by atoms with Crippen molar-refractivity contribution in [2.75, 3.05) is 26.8 Å². The van der Waals surface area contributed by atoms with Gasteiger partial charge in [0.05, 0.1) is 19.6 Å². The van der Waals surface area contributed by atoms with Crippen LogP contribution in [0.5, 0.6) is 11.5 Å². The van der Waals surface area contributed by atoms with Crippen molar-refractivity contribution in [2.45, 2.75) is 19.3 Å². The first kappa shape index (κ1) is 19.7. The number of rotatable bonds is 9. The largest absolute Gasteiger partial charge is 0.497 e. The normalized spacial score (nSPS) is 16.2. The number of aliphatic carboxylic acids is 1. The molecule has 0 spiro atoms. The van der Waals surface area contributed by atoms with Gasteiger partial charge in [0, 0.05) is 32.0 Å². The first-order valence-corrected chi connectivity index (χ1v) is 9.41. The van der Waals surface area contributed by atoms with Crippen LogP contribution in [0.25, 0.3) is 0 Å². The van der Waals surface area contributed by atoms with Gasteiger partial charge < -0.3 is 19.5 Å². The second-order valence-corrected chi connectivity index (χ2v) is 6.89. The standard InChI is InChI=1S/C22H25NO5/c1-27-19-8-7-17(9-11-23-15-18(22(25)26)13-21(23)24)20(14-19)28-12-10-16-5-3-2-4-6-16/h2-8,14,18H,9-13,15H2,1H3,(H,25,26). The fraction of sp³-hybridized carbons (Fsp3) is 0.364. The molecular formula is C22H25NO5. The van der Waals surface area contributed by atoms with Crippen LogP contribution in [-0.2, 0) is 22.4 Å². The average molecular weight is 383 g/mol. The highest BCUT2D eigenvalue weighted by molar-refractivity contribution is 5.86. The van der Waals surface area contributed by atoms with E-state index in [2.05, 4.69) is 12.1 Å². The zero-order valence-corrected chi connectivity index (χ0v) is 16.0. The Hall–Kier alpha value is -3.02. The maximum Gasteiger partial charge on any atom is 0.308 e. The lowest BCUT2D eigenvalue weighted by Gasteiger charge is -2.18. The zero-order valence-electron chi connectivity index (χ0n) is 16.0. The fourth-order valence-corrected chi connectivity index (χ4v) is 3.34. The molecule has 1 heterocycles. The van der Waals surface area contributed by atoms with Crippen LogP contribution in [0.3, 0.4) is 0 Å². The van der Waals surface area contributed by atoms with Crippen molar-refractivity contribution in [3.63, 3.8) is 0 Å². The third kappa shape index (κ3) is 5.03. The number of carbonyl (C=O) groups is 2. The summed E-state index contributed by atoms with van der Waals surface area (Å²) in [6, 6.07) is 15.8. The molecule has 0 saturated carbocycles. The predicted molar refractivity (Wildman–Crippen MR) is 105 cm³/mol. The van der Waals surface area contributed by atoms with Gasteiger partial charge in [-0.1, -0.05) is 36.4 Å². The molecule has 1 unspecified atom stereocenters. The van der Waals surface area contributed by atoms with Gasteiger partial charge in [0.15, 0.2) is 0 Å². The molecule has 0 bridgehead atoms. The topological polar surface area (TPSA) is 76.1 Å². The summed E-state index contributed by atoms with van der Waals surface area (Å²) in [5.74, 6) is -0.180. The molecular weight excluding hydrogens is 358 g/mol. The molecule has 6 nitrogen and oxygen atoms in total. The Morgan fingerprint density at radius 1 is 1.18 bits per heavy atom. The third-order valence-electron chi connectivity index (χ3n) is 4.98. The number of methoxy groups -OCH3 is 1. The minimum absolute atomic E-state index is 0.0817. The minimum Gasteiger partial charge on any atom is -0.497 e. The van der Waals surface area contributed by atoms with E-state index in [-0.39, 0.29) is 18.9 Å². The van der Waals surface area contributed by atoms with Gasteiger partial charge in [-0.15, -0.1) is 0 Å². The third-order valence-corrected chi connectivity index (χ3v) is 4.98. The molecule has 2 aromatic rings. The number of ether oxygens (including phenoxy) is 2. The van der Waals surface area contributed by atoms with Crippen molar-refractivity contribution >= 4 is 11.9 Å². The molecule has 2 aromatic carbocycles. The molecule has 6 heteroatoms. The lowest BCUT2D eigenvalue weighted by Crippen LogP contribution is -2.28. The first-order valence-electron chi connectivity index (χ1n) is 9.41. The van der Waals surface area contributed by atoms with Crippen molar-refractivity contribution in [1.82, 2.24) is 4.90 Å². The van der Waals surface area contributed by atoms with E-state index in [4.69, 9.17) is 14.6 Å². The van der Waals surface area contributed by atoms with Gasteiger partial charge in [-0.25, -0.2) is 0 Å². The fourth-order valence-electron chi connectivity index (χ4n) is 3.34. The monoisotopic (exact) mass is 383 g/mol. The van der Waals surface area contributed by atoms with E-state index in [0.29, 0.717) is 25.3 Å². The van der Waals surface area contributed by atoms with Gasteiger partial charge in [0.1, 0.15) is 11.5 Å². The first-order chi connectivity index (χ1) is 13.6. The van der Waals surface area contributed by atoms with E-state index in [0.717, 1.165) is 17.7 Å². The molecule has 0 radical (unpaired) electrons. The van der Waals surface area contributed by atoms with Crippen LogP contribution in [-0.4, -0.2) is 48.7 Å². The van der Waals surface area contributed by atoms with Crippen molar-refractivity contribution in [2.24, 2.45) is 5.92 Å². The summed E-state index contributed by atoms with van der Waals surface area (Å²) in [5.41, 5.74) is 2.18. The molecule has 1 N–H and O–H groups in total. The quantitative estimate of drug-likeness (QED) is 0.721. The number of carbonyl (C=O) groups excluding carboxylic acids is 1. The smallest absolute Gasteiger partial charge is 0.308 e. The molecule has 1 fully saturated rings. The van der Waals surface area contributed by atoms with E-state index in [1.165, 1.54) is 5.56 Å². The number of carboxylic acid groups (broad SMARTS) is 1. The van der Waals surface area contributed by atoms with Crippen molar-refractivity contribution < 1.29 is 24.2 Å². The highest BCUT2D eigenvalue weighted by Gasteiger charge is 2.33. The van der Waals surface area contributed by atoms with E-state index >= 15 is 0 Å². The Balaban J connectivity index is 1.62. The summed E-state index contributed by atoms with van der Waals surface area (Å²) < 4.78 is 11.3. The summed E-state index contributed by atoms with van der Waals surface area (Å²) in [4.78, 5) is 24.8.